The number of hydrogen-bond acceptors (Lipinski definition) is 3. The van der Waals surface area contributed by atoms with Gasteiger partial charge in [0.1, 0.15) is 0 Å². The highest BCUT2D eigenvalue weighted by atomic mass is 16.7. The first kappa shape index (κ1) is 13.1. The van der Waals surface area contributed by atoms with Gasteiger partial charge in [-0.25, -0.2) is 5.48 Å². The van der Waals surface area contributed by atoms with Crippen LogP contribution in [-0.4, -0.2) is 21.8 Å². The van der Waals surface area contributed by atoms with E-state index in [2.05, 4.69) is 10.6 Å². The van der Waals surface area contributed by atoms with Crippen LogP contribution >= 0.6 is 0 Å². The highest BCUT2D eigenvalue weighted by Gasteiger charge is 2.16. The van der Waals surface area contributed by atoms with Gasteiger partial charge in [0.2, 0.25) is 5.91 Å². The zero-order chi connectivity index (χ0) is 13.0. The minimum atomic E-state index is -0.0746. The molecule has 0 aromatic carbocycles. The van der Waals surface area contributed by atoms with Crippen molar-refractivity contribution < 1.29 is 9.63 Å². The van der Waals surface area contributed by atoms with Gasteiger partial charge in [0.25, 0.3) is 0 Å². The summed E-state index contributed by atoms with van der Waals surface area (Å²) in [5.41, 5.74) is 4.60. The third kappa shape index (κ3) is 3.57. The van der Waals surface area contributed by atoms with Crippen LogP contribution in [0, 0.1) is 13.8 Å². The molecule has 1 N–H and O–H groups in total. The molecule has 1 fully saturated rings. The van der Waals surface area contributed by atoms with E-state index in [4.69, 9.17) is 4.84 Å². The predicted octanol–water partition coefficient (Wildman–Crippen LogP) is 1.88. The number of nitrogens with one attached hydrogen (secondary N) is 1. The van der Waals surface area contributed by atoms with Gasteiger partial charge < -0.3 is 0 Å². The summed E-state index contributed by atoms with van der Waals surface area (Å²) in [6.07, 6.45) is 5.12. The lowest BCUT2D eigenvalue weighted by molar-refractivity contribution is -0.138. The first-order valence-electron chi connectivity index (χ1n) is 6.60. The van der Waals surface area contributed by atoms with E-state index in [1.807, 2.05) is 24.6 Å². The molecule has 1 heterocycles. The topological polar surface area (TPSA) is 56.2 Å². The van der Waals surface area contributed by atoms with Crippen molar-refractivity contribution in [3.8, 4) is 0 Å². The van der Waals surface area contributed by atoms with Crippen LogP contribution in [0.25, 0.3) is 0 Å². The minimum Gasteiger partial charge on any atom is -0.273 e. The van der Waals surface area contributed by atoms with Crippen molar-refractivity contribution in [1.29, 1.82) is 0 Å². The molecule has 1 amide bonds. The van der Waals surface area contributed by atoms with Crippen LogP contribution in [0.2, 0.25) is 0 Å². The summed E-state index contributed by atoms with van der Waals surface area (Å²) in [4.78, 5) is 17.0. The number of hydrogen-bond donors (Lipinski definition) is 1. The Morgan fingerprint density at radius 3 is 2.83 bits per heavy atom. The maximum Gasteiger partial charge on any atom is 0.245 e. The van der Waals surface area contributed by atoms with E-state index in [-0.39, 0.29) is 12.0 Å². The first-order chi connectivity index (χ1) is 8.65. The van der Waals surface area contributed by atoms with Crippen molar-refractivity contribution in [3.05, 3.63) is 17.5 Å². The van der Waals surface area contributed by atoms with Gasteiger partial charge in [0, 0.05) is 12.1 Å². The lowest BCUT2D eigenvalue weighted by atomic mass is 10.3. The number of carbonyl (C=O) groups is 1. The molecular formula is C13H21N3O2. The third-order valence-electron chi connectivity index (χ3n) is 3.30. The van der Waals surface area contributed by atoms with Crippen molar-refractivity contribution in [2.45, 2.75) is 58.6 Å². The number of nitrogens with zero attached hydrogens (tertiary/aromatic N) is 2. The molecule has 0 unspecified atom stereocenters. The summed E-state index contributed by atoms with van der Waals surface area (Å²) < 4.78 is 1.85. The zero-order valence-corrected chi connectivity index (χ0v) is 11.1. The fourth-order valence-electron chi connectivity index (χ4n) is 2.32. The molecular weight excluding hydrogens is 230 g/mol. The van der Waals surface area contributed by atoms with Gasteiger partial charge >= 0.3 is 0 Å². The molecule has 0 saturated heterocycles. The molecule has 1 saturated carbocycles. The fourth-order valence-corrected chi connectivity index (χ4v) is 2.32. The number of carbonyl (C=O) groups excluding carboxylic acids is 1. The van der Waals surface area contributed by atoms with Crippen LogP contribution in [0.1, 0.15) is 43.5 Å². The Bertz CT molecular complexity index is 408. The molecule has 18 heavy (non-hydrogen) atoms. The van der Waals surface area contributed by atoms with Crippen LogP contribution in [0.15, 0.2) is 6.07 Å². The van der Waals surface area contributed by atoms with Crippen LogP contribution in [0.5, 0.6) is 0 Å². The monoisotopic (exact) mass is 251 g/mol. The average Bonchev–Trinajstić information content (AvgIpc) is 2.94. The Balaban J connectivity index is 1.69. The molecule has 0 bridgehead atoms. The smallest absolute Gasteiger partial charge is 0.245 e. The molecule has 1 aromatic heterocycles. The van der Waals surface area contributed by atoms with Crippen molar-refractivity contribution >= 4 is 5.91 Å². The Morgan fingerprint density at radius 2 is 2.22 bits per heavy atom. The number of rotatable bonds is 5. The van der Waals surface area contributed by atoms with Crippen LogP contribution in [-0.2, 0) is 16.2 Å². The molecule has 100 valence electrons. The normalized spacial score (nSPS) is 16.1. The lowest BCUT2D eigenvalue weighted by Gasteiger charge is -2.11. The van der Waals surface area contributed by atoms with Gasteiger partial charge in [-0.1, -0.05) is 12.8 Å². The fraction of sp³-hybridized carbons (Fsp3) is 0.692. The standard InChI is InChI=1S/C13H21N3O2/c1-10-9-11(2)16(14-10)8-7-13(17)15-18-12-5-3-4-6-12/h9,12H,3-8H2,1-2H3,(H,15,17). The number of aromatic nitrogens is 2. The molecule has 0 spiro atoms. The second-order valence-electron chi connectivity index (χ2n) is 4.95. The summed E-state index contributed by atoms with van der Waals surface area (Å²) in [7, 11) is 0. The summed E-state index contributed by atoms with van der Waals surface area (Å²) >= 11 is 0. The largest absolute Gasteiger partial charge is 0.273 e. The van der Waals surface area contributed by atoms with Gasteiger partial charge in [-0.2, -0.15) is 5.10 Å². The maximum atomic E-state index is 11.6. The second-order valence-corrected chi connectivity index (χ2v) is 4.95. The highest BCUT2D eigenvalue weighted by molar-refractivity contribution is 5.74. The summed E-state index contributed by atoms with van der Waals surface area (Å²) in [6, 6.07) is 2.01. The summed E-state index contributed by atoms with van der Waals surface area (Å²) in [5.74, 6) is -0.0746. The van der Waals surface area contributed by atoms with Gasteiger partial charge in [-0.3, -0.25) is 14.3 Å². The Labute approximate surface area is 107 Å². The van der Waals surface area contributed by atoms with Crippen molar-refractivity contribution in [2.75, 3.05) is 0 Å². The predicted molar refractivity (Wildman–Crippen MR) is 67.8 cm³/mol. The van der Waals surface area contributed by atoms with E-state index in [1.165, 1.54) is 12.8 Å². The molecule has 1 aromatic rings. The number of amides is 1. The Kier molecular flexibility index (Phi) is 4.36. The lowest BCUT2D eigenvalue weighted by Crippen LogP contribution is -2.29. The van der Waals surface area contributed by atoms with Gasteiger partial charge in [0.15, 0.2) is 0 Å². The van der Waals surface area contributed by atoms with E-state index in [0.717, 1.165) is 24.2 Å². The van der Waals surface area contributed by atoms with Crippen molar-refractivity contribution in [1.82, 2.24) is 15.3 Å². The van der Waals surface area contributed by atoms with Crippen molar-refractivity contribution in [2.24, 2.45) is 0 Å². The van der Waals surface area contributed by atoms with Gasteiger partial charge in [-0.15, -0.1) is 0 Å². The van der Waals surface area contributed by atoms with Gasteiger partial charge in [0.05, 0.1) is 18.3 Å². The quantitative estimate of drug-likeness (QED) is 0.813. The maximum absolute atomic E-state index is 11.6. The molecule has 1 aliphatic carbocycles. The van der Waals surface area contributed by atoms with E-state index >= 15 is 0 Å². The number of aryl methyl sites for hydroxylation is 3. The number of hydroxylamine groups is 1. The van der Waals surface area contributed by atoms with E-state index in [1.54, 1.807) is 0 Å². The second kappa shape index (κ2) is 6.00. The average molecular weight is 251 g/mol. The van der Waals surface area contributed by atoms with Crippen LogP contribution < -0.4 is 5.48 Å². The first-order valence-corrected chi connectivity index (χ1v) is 6.60. The summed E-state index contributed by atoms with van der Waals surface area (Å²) in [6.45, 7) is 4.54. The molecule has 0 atom stereocenters. The van der Waals surface area contributed by atoms with E-state index in [9.17, 15) is 4.79 Å². The molecule has 5 nitrogen and oxygen atoms in total. The summed E-state index contributed by atoms with van der Waals surface area (Å²) in [5, 5.41) is 4.32. The zero-order valence-electron chi connectivity index (χ0n) is 11.1. The van der Waals surface area contributed by atoms with Crippen molar-refractivity contribution in [3.63, 3.8) is 0 Å². The molecule has 0 radical (unpaired) electrons. The third-order valence-corrected chi connectivity index (χ3v) is 3.30. The van der Waals surface area contributed by atoms with Crippen LogP contribution in [0.3, 0.4) is 0 Å². The molecule has 5 heteroatoms. The molecule has 1 aliphatic rings. The van der Waals surface area contributed by atoms with E-state index in [0.29, 0.717) is 13.0 Å². The van der Waals surface area contributed by atoms with Gasteiger partial charge in [-0.05, 0) is 32.8 Å². The minimum absolute atomic E-state index is 0.0746. The molecule has 2 rings (SSSR count). The Hall–Kier alpha value is -1.36. The SMILES string of the molecule is Cc1cc(C)n(CCC(=O)NOC2CCCC2)n1. The Morgan fingerprint density at radius 1 is 1.50 bits per heavy atom. The highest BCUT2D eigenvalue weighted by Crippen LogP contribution is 2.19. The molecule has 0 aliphatic heterocycles. The van der Waals surface area contributed by atoms with E-state index < -0.39 is 0 Å². The van der Waals surface area contributed by atoms with Crippen LogP contribution in [0.4, 0.5) is 0 Å².